The molecule has 0 aromatic heterocycles. The molecular formula is C24H36O5. The van der Waals surface area contributed by atoms with Gasteiger partial charge in [0.05, 0.1) is 13.2 Å². The van der Waals surface area contributed by atoms with Crippen LogP contribution in [0, 0.1) is 29.6 Å². The molecule has 3 aliphatic rings. The van der Waals surface area contributed by atoms with E-state index in [1.807, 2.05) is 0 Å². The Morgan fingerprint density at radius 3 is 1.69 bits per heavy atom. The number of Topliss-reactive ketones (excluding diaryl/α,β-unsaturated/α-hetero) is 1. The van der Waals surface area contributed by atoms with E-state index in [4.69, 9.17) is 4.74 Å². The fraction of sp³-hybridized carbons (Fsp3) is 0.625. The third-order valence-corrected chi connectivity index (χ3v) is 6.17. The SMILES string of the molecule is C=C(C)C(C)=O.C=CC(=O)OCC.C=CC(=O)OCC1CC2C3CCC(C3)C2C1. The molecule has 162 valence electrons. The predicted molar refractivity (Wildman–Crippen MR) is 114 cm³/mol. The standard InChI is InChI=1S/C14H20O2.C5H8O2.C5H8O/c1-2-14(15)16-8-9-5-12-10-3-4-11(7-10)13(12)6-9;1-3-5(6)7-4-2;1-4(2)5(3)6/h2,9-13H,1,3-8H2;3H,1,4H2,2H3;1H2,2-3H3. The molecule has 0 N–H and O–H groups in total. The fourth-order valence-corrected chi connectivity index (χ4v) is 4.73. The average Bonchev–Trinajstić information content (AvgIpc) is 3.40. The molecule has 0 radical (unpaired) electrons. The van der Waals surface area contributed by atoms with Gasteiger partial charge in [-0.2, -0.15) is 0 Å². The molecule has 4 unspecified atom stereocenters. The van der Waals surface area contributed by atoms with E-state index >= 15 is 0 Å². The number of rotatable bonds is 6. The molecule has 3 fully saturated rings. The van der Waals surface area contributed by atoms with Gasteiger partial charge in [-0.3, -0.25) is 4.79 Å². The van der Waals surface area contributed by atoms with E-state index in [0.29, 0.717) is 24.7 Å². The molecule has 0 aromatic rings. The van der Waals surface area contributed by atoms with Crippen LogP contribution in [0.4, 0.5) is 0 Å². The number of carbonyl (C=O) groups is 3. The maximum atomic E-state index is 11.0. The molecule has 3 aliphatic carbocycles. The van der Waals surface area contributed by atoms with Crippen LogP contribution in [0.25, 0.3) is 0 Å². The summed E-state index contributed by atoms with van der Waals surface area (Å²) in [6.07, 6.45) is 9.43. The summed E-state index contributed by atoms with van der Waals surface area (Å²) in [5.41, 5.74) is 0.620. The summed E-state index contributed by atoms with van der Waals surface area (Å²) >= 11 is 0. The molecule has 5 nitrogen and oxygen atoms in total. The summed E-state index contributed by atoms with van der Waals surface area (Å²) in [7, 11) is 0. The number of allylic oxidation sites excluding steroid dienone is 1. The lowest BCUT2D eigenvalue weighted by Crippen LogP contribution is -2.15. The van der Waals surface area contributed by atoms with E-state index < -0.39 is 0 Å². The van der Waals surface area contributed by atoms with Crippen LogP contribution in [0.15, 0.2) is 37.5 Å². The summed E-state index contributed by atoms with van der Waals surface area (Å²) in [5, 5.41) is 0. The maximum Gasteiger partial charge on any atom is 0.330 e. The van der Waals surface area contributed by atoms with Crippen molar-refractivity contribution in [1.82, 2.24) is 0 Å². The van der Waals surface area contributed by atoms with Crippen molar-refractivity contribution in [3.8, 4) is 0 Å². The van der Waals surface area contributed by atoms with Gasteiger partial charge in [-0.1, -0.05) is 19.7 Å². The predicted octanol–water partition coefficient (Wildman–Crippen LogP) is 4.67. The summed E-state index contributed by atoms with van der Waals surface area (Å²) in [5.74, 6) is 4.02. The van der Waals surface area contributed by atoms with Gasteiger partial charge in [-0.15, -0.1) is 0 Å². The van der Waals surface area contributed by atoms with E-state index in [-0.39, 0.29) is 17.7 Å². The molecule has 5 heteroatoms. The smallest absolute Gasteiger partial charge is 0.330 e. The van der Waals surface area contributed by atoms with E-state index in [1.165, 1.54) is 45.1 Å². The number of esters is 2. The Hall–Kier alpha value is -2.17. The van der Waals surface area contributed by atoms with E-state index in [2.05, 4.69) is 24.5 Å². The lowest BCUT2D eigenvalue weighted by Gasteiger charge is -2.23. The van der Waals surface area contributed by atoms with Gasteiger partial charge in [-0.25, -0.2) is 9.59 Å². The minimum Gasteiger partial charge on any atom is -0.463 e. The number of carbonyl (C=O) groups excluding carboxylic acids is 3. The van der Waals surface area contributed by atoms with Gasteiger partial charge in [0.1, 0.15) is 0 Å². The topological polar surface area (TPSA) is 69.7 Å². The van der Waals surface area contributed by atoms with E-state index in [0.717, 1.165) is 29.7 Å². The number of fused-ring (bicyclic) bond motifs is 5. The van der Waals surface area contributed by atoms with Gasteiger partial charge in [0.25, 0.3) is 0 Å². The minimum atomic E-state index is -0.359. The van der Waals surface area contributed by atoms with Crippen LogP contribution in [-0.2, 0) is 23.9 Å². The monoisotopic (exact) mass is 404 g/mol. The first-order valence-electron chi connectivity index (χ1n) is 10.5. The quantitative estimate of drug-likeness (QED) is 0.475. The molecule has 3 saturated carbocycles. The van der Waals surface area contributed by atoms with Crippen molar-refractivity contribution in [3.63, 3.8) is 0 Å². The zero-order chi connectivity index (χ0) is 22.0. The highest BCUT2D eigenvalue weighted by atomic mass is 16.5. The largest absolute Gasteiger partial charge is 0.463 e. The summed E-state index contributed by atoms with van der Waals surface area (Å²) < 4.78 is 9.61. The Bertz CT molecular complexity index is 591. The first kappa shape index (κ1) is 24.9. The Morgan fingerprint density at radius 1 is 0.897 bits per heavy atom. The van der Waals surface area contributed by atoms with E-state index in [1.54, 1.807) is 13.8 Å². The number of ketones is 1. The lowest BCUT2D eigenvalue weighted by molar-refractivity contribution is -0.139. The summed E-state index contributed by atoms with van der Waals surface area (Å²) in [6, 6.07) is 0. The van der Waals surface area contributed by atoms with Crippen molar-refractivity contribution >= 4 is 17.7 Å². The number of ether oxygens (including phenoxy) is 2. The first-order valence-corrected chi connectivity index (χ1v) is 10.5. The molecule has 29 heavy (non-hydrogen) atoms. The Kier molecular flexibility index (Phi) is 10.6. The van der Waals surface area contributed by atoms with Crippen LogP contribution in [0.3, 0.4) is 0 Å². The molecule has 0 aliphatic heterocycles. The first-order chi connectivity index (χ1) is 13.7. The van der Waals surface area contributed by atoms with Crippen molar-refractivity contribution < 1.29 is 23.9 Å². The van der Waals surface area contributed by atoms with Crippen molar-refractivity contribution in [2.24, 2.45) is 29.6 Å². The van der Waals surface area contributed by atoms with Crippen LogP contribution in [0.2, 0.25) is 0 Å². The van der Waals surface area contributed by atoms with Gasteiger partial charge in [0.2, 0.25) is 0 Å². The Morgan fingerprint density at radius 2 is 1.34 bits per heavy atom. The fourth-order valence-electron chi connectivity index (χ4n) is 4.73. The second kappa shape index (κ2) is 12.4. The highest BCUT2D eigenvalue weighted by Gasteiger charge is 2.51. The summed E-state index contributed by atoms with van der Waals surface area (Å²) in [4.78, 5) is 31.1. The summed E-state index contributed by atoms with van der Waals surface area (Å²) in [6.45, 7) is 16.0. The second-order valence-electron chi connectivity index (χ2n) is 8.13. The van der Waals surface area contributed by atoms with Crippen molar-refractivity contribution in [2.45, 2.75) is 52.9 Å². The van der Waals surface area contributed by atoms with Crippen LogP contribution in [0.5, 0.6) is 0 Å². The second-order valence-corrected chi connectivity index (χ2v) is 8.13. The molecule has 3 rings (SSSR count). The third-order valence-electron chi connectivity index (χ3n) is 6.17. The van der Waals surface area contributed by atoms with Crippen molar-refractivity contribution in [2.75, 3.05) is 13.2 Å². The highest BCUT2D eigenvalue weighted by molar-refractivity contribution is 5.91. The molecular weight excluding hydrogens is 368 g/mol. The van der Waals surface area contributed by atoms with Gasteiger partial charge < -0.3 is 9.47 Å². The molecule has 0 amide bonds. The normalized spacial score (nSPS) is 27.9. The lowest BCUT2D eigenvalue weighted by atomic mass is 9.82. The minimum absolute atomic E-state index is 0.0648. The van der Waals surface area contributed by atoms with Gasteiger partial charge in [0.15, 0.2) is 5.78 Å². The van der Waals surface area contributed by atoms with Crippen LogP contribution < -0.4 is 0 Å². The average molecular weight is 405 g/mol. The molecule has 4 atom stereocenters. The molecule has 0 spiro atoms. The molecule has 2 bridgehead atoms. The number of hydrogen-bond acceptors (Lipinski definition) is 5. The van der Waals surface area contributed by atoms with Crippen LogP contribution in [0.1, 0.15) is 52.9 Å². The van der Waals surface area contributed by atoms with Gasteiger partial charge >= 0.3 is 11.9 Å². The Labute approximate surface area is 175 Å². The molecule has 0 aromatic carbocycles. The maximum absolute atomic E-state index is 11.0. The van der Waals surface area contributed by atoms with Crippen molar-refractivity contribution in [3.05, 3.63) is 37.5 Å². The van der Waals surface area contributed by atoms with Gasteiger partial charge in [-0.05, 0) is 88.0 Å². The zero-order valence-electron chi connectivity index (χ0n) is 18.2. The van der Waals surface area contributed by atoms with Crippen LogP contribution in [-0.4, -0.2) is 30.9 Å². The third kappa shape index (κ3) is 8.00. The Balaban J connectivity index is 0.000000272. The molecule has 0 heterocycles. The van der Waals surface area contributed by atoms with E-state index in [9.17, 15) is 14.4 Å². The van der Waals surface area contributed by atoms with Crippen molar-refractivity contribution in [1.29, 1.82) is 0 Å². The zero-order valence-corrected chi connectivity index (χ0v) is 18.2. The highest BCUT2D eigenvalue weighted by Crippen LogP contribution is 2.60. The number of hydrogen-bond donors (Lipinski definition) is 0. The molecule has 0 saturated heterocycles. The van der Waals surface area contributed by atoms with Gasteiger partial charge in [0, 0.05) is 12.2 Å². The van der Waals surface area contributed by atoms with Crippen LogP contribution >= 0.6 is 0 Å².